The topological polar surface area (TPSA) is 85.2 Å². The first-order valence-electron chi connectivity index (χ1n) is 6.93. The molecule has 3 rings (SSSR count). The molecule has 2 heterocycles. The standard InChI is InChI=1S/C13H20N4OS/c14-10(18)7-8-3-5-17(6-4-8)13-11(9-1-2-9)12(15)16-19-13/h8-9H,1-7H2,(H2,14,18)(H2,15,16). The maximum atomic E-state index is 11.0. The zero-order valence-corrected chi connectivity index (χ0v) is 11.8. The second kappa shape index (κ2) is 5.00. The van der Waals surface area contributed by atoms with Gasteiger partial charge in [0.15, 0.2) is 0 Å². The van der Waals surface area contributed by atoms with Crippen molar-refractivity contribution in [2.75, 3.05) is 23.7 Å². The molecule has 0 spiro atoms. The number of carbonyl (C=O) groups excluding carboxylic acids is 1. The fourth-order valence-electron chi connectivity index (χ4n) is 2.91. The highest BCUT2D eigenvalue weighted by molar-refractivity contribution is 7.10. The Bertz CT molecular complexity index is 475. The van der Waals surface area contributed by atoms with Crippen LogP contribution in [0.3, 0.4) is 0 Å². The number of primary amides is 1. The Kier molecular flexibility index (Phi) is 3.35. The first-order chi connectivity index (χ1) is 9.15. The monoisotopic (exact) mass is 280 g/mol. The van der Waals surface area contributed by atoms with E-state index in [0.29, 0.717) is 18.3 Å². The quantitative estimate of drug-likeness (QED) is 0.879. The van der Waals surface area contributed by atoms with Crippen LogP contribution < -0.4 is 16.4 Å². The molecule has 4 N–H and O–H groups in total. The molecule has 0 unspecified atom stereocenters. The number of nitrogens with zero attached hydrogens (tertiary/aromatic N) is 2. The molecule has 1 aliphatic carbocycles. The smallest absolute Gasteiger partial charge is 0.217 e. The van der Waals surface area contributed by atoms with Crippen molar-refractivity contribution in [1.29, 1.82) is 0 Å². The molecule has 2 fully saturated rings. The van der Waals surface area contributed by atoms with Gasteiger partial charge in [0.2, 0.25) is 5.91 Å². The van der Waals surface area contributed by atoms with E-state index in [-0.39, 0.29) is 5.91 Å². The number of nitrogens with two attached hydrogens (primary N) is 2. The highest BCUT2D eigenvalue weighted by Gasteiger charge is 2.33. The summed E-state index contributed by atoms with van der Waals surface area (Å²) >= 11 is 1.53. The second-order valence-corrected chi connectivity index (χ2v) is 6.41. The number of aromatic nitrogens is 1. The van der Waals surface area contributed by atoms with Crippen molar-refractivity contribution in [3.05, 3.63) is 5.56 Å². The Labute approximate surface area is 117 Å². The fourth-order valence-corrected chi connectivity index (χ4v) is 3.86. The van der Waals surface area contributed by atoms with Crippen molar-refractivity contribution in [2.45, 2.75) is 38.0 Å². The molecule has 0 atom stereocenters. The lowest BCUT2D eigenvalue weighted by Crippen LogP contribution is -2.35. The Morgan fingerprint density at radius 3 is 2.58 bits per heavy atom. The molecule has 1 aromatic heterocycles. The van der Waals surface area contributed by atoms with Gasteiger partial charge in [0, 0.05) is 25.1 Å². The number of hydrogen-bond donors (Lipinski definition) is 2. The molecular weight excluding hydrogens is 260 g/mol. The number of nitrogen functional groups attached to an aromatic ring is 1. The highest BCUT2D eigenvalue weighted by Crippen LogP contribution is 2.49. The van der Waals surface area contributed by atoms with E-state index in [1.165, 1.54) is 34.9 Å². The molecule has 2 aliphatic rings. The van der Waals surface area contributed by atoms with Crippen molar-refractivity contribution in [1.82, 2.24) is 4.37 Å². The van der Waals surface area contributed by atoms with E-state index in [2.05, 4.69) is 9.27 Å². The number of hydrogen-bond acceptors (Lipinski definition) is 5. The summed E-state index contributed by atoms with van der Waals surface area (Å²) < 4.78 is 4.32. The van der Waals surface area contributed by atoms with Gasteiger partial charge in [0.1, 0.15) is 10.8 Å². The molecule has 0 radical (unpaired) electrons. The lowest BCUT2D eigenvalue weighted by molar-refractivity contribution is -0.119. The summed E-state index contributed by atoms with van der Waals surface area (Å²) in [5, 5.41) is 1.26. The van der Waals surface area contributed by atoms with Crippen molar-refractivity contribution in [2.24, 2.45) is 11.7 Å². The summed E-state index contributed by atoms with van der Waals surface area (Å²) in [5.74, 6) is 1.63. The van der Waals surface area contributed by atoms with Gasteiger partial charge in [-0.15, -0.1) is 0 Å². The van der Waals surface area contributed by atoms with E-state index in [1.807, 2.05) is 0 Å². The third kappa shape index (κ3) is 2.68. The van der Waals surface area contributed by atoms with E-state index >= 15 is 0 Å². The van der Waals surface area contributed by atoms with Crippen LogP contribution in [0.1, 0.15) is 43.6 Å². The first kappa shape index (κ1) is 12.7. The summed E-state index contributed by atoms with van der Waals surface area (Å²) in [4.78, 5) is 13.3. The van der Waals surface area contributed by atoms with Gasteiger partial charge in [0.25, 0.3) is 0 Å². The molecule has 1 aromatic rings. The lowest BCUT2D eigenvalue weighted by atomic mass is 9.93. The predicted molar refractivity (Wildman–Crippen MR) is 77.2 cm³/mol. The Balaban J connectivity index is 1.67. The summed E-state index contributed by atoms with van der Waals surface area (Å²) in [5.41, 5.74) is 12.5. The van der Waals surface area contributed by atoms with Crippen LogP contribution in [0, 0.1) is 5.92 Å². The van der Waals surface area contributed by atoms with Crippen LogP contribution in [-0.2, 0) is 4.79 Å². The summed E-state index contributed by atoms with van der Waals surface area (Å²) in [6, 6.07) is 0. The third-order valence-corrected chi connectivity index (χ3v) is 5.05. The van der Waals surface area contributed by atoms with Gasteiger partial charge < -0.3 is 16.4 Å². The van der Waals surface area contributed by atoms with Gasteiger partial charge in [-0.2, -0.15) is 4.37 Å². The van der Waals surface area contributed by atoms with Crippen LogP contribution in [0.25, 0.3) is 0 Å². The largest absolute Gasteiger partial charge is 0.383 e. The Morgan fingerprint density at radius 1 is 1.32 bits per heavy atom. The maximum absolute atomic E-state index is 11.0. The van der Waals surface area contributed by atoms with Crippen LogP contribution in [0.5, 0.6) is 0 Å². The van der Waals surface area contributed by atoms with Crippen molar-refractivity contribution >= 4 is 28.3 Å². The second-order valence-electron chi connectivity index (χ2n) is 5.66. The SMILES string of the molecule is NC(=O)CC1CCN(c2snc(N)c2C2CC2)CC1. The zero-order valence-electron chi connectivity index (χ0n) is 11.0. The Hall–Kier alpha value is -1.30. The van der Waals surface area contributed by atoms with Crippen molar-refractivity contribution < 1.29 is 4.79 Å². The van der Waals surface area contributed by atoms with Gasteiger partial charge in [-0.1, -0.05) is 0 Å². The highest BCUT2D eigenvalue weighted by atomic mass is 32.1. The van der Waals surface area contributed by atoms with E-state index in [9.17, 15) is 4.79 Å². The van der Waals surface area contributed by atoms with Crippen molar-refractivity contribution in [3.63, 3.8) is 0 Å². The molecule has 0 bridgehead atoms. The molecule has 1 aliphatic heterocycles. The van der Waals surface area contributed by atoms with Crippen LogP contribution in [-0.4, -0.2) is 23.4 Å². The summed E-state index contributed by atoms with van der Waals surface area (Å²) in [6.07, 6.45) is 5.07. The molecule has 104 valence electrons. The number of carbonyl (C=O) groups is 1. The van der Waals surface area contributed by atoms with Gasteiger partial charge in [-0.05, 0) is 49.1 Å². The minimum atomic E-state index is -0.181. The first-order valence-corrected chi connectivity index (χ1v) is 7.70. The normalized spacial score (nSPS) is 20.7. The molecule has 1 amide bonds. The van der Waals surface area contributed by atoms with Gasteiger partial charge in [0.05, 0.1) is 0 Å². The van der Waals surface area contributed by atoms with Crippen molar-refractivity contribution in [3.8, 4) is 0 Å². The number of rotatable bonds is 4. The van der Waals surface area contributed by atoms with E-state index in [1.54, 1.807) is 0 Å². The summed E-state index contributed by atoms with van der Waals surface area (Å²) in [7, 11) is 0. The Morgan fingerprint density at radius 2 is 2.00 bits per heavy atom. The molecule has 19 heavy (non-hydrogen) atoms. The van der Waals surface area contributed by atoms with E-state index < -0.39 is 0 Å². The molecule has 1 saturated heterocycles. The molecule has 5 nitrogen and oxygen atoms in total. The molecular formula is C13H20N4OS. The number of piperidine rings is 1. The summed E-state index contributed by atoms with van der Waals surface area (Å²) in [6.45, 7) is 1.97. The van der Waals surface area contributed by atoms with Gasteiger partial charge >= 0.3 is 0 Å². The molecule has 6 heteroatoms. The van der Waals surface area contributed by atoms with Crippen LogP contribution in [0.4, 0.5) is 10.8 Å². The third-order valence-electron chi connectivity index (χ3n) is 4.11. The lowest BCUT2D eigenvalue weighted by Gasteiger charge is -2.32. The average molecular weight is 280 g/mol. The van der Waals surface area contributed by atoms with Crippen LogP contribution >= 0.6 is 11.5 Å². The van der Waals surface area contributed by atoms with Gasteiger partial charge in [-0.25, -0.2) is 0 Å². The predicted octanol–water partition coefficient (Wildman–Crippen LogP) is 1.69. The minimum Gasteiger partial charge on any atom is -0.383 e. The molecule has 1 saturated carbocycles. The molecule has 0 aromatic carbocycles. The number of amides is 1. The van der Waals surface area contributed by atoms with Crippen LogP contribution in [0.2, 0.25) is 0 Å². The maximum Gasteiger partial charge on any atom is 0.217 e. The fraction of sp³-hybridized carbons (Fsp3) is 0.692. The van der Waals surface area contributed by atoms with Crippen LogP contribution in [0.15, 0.2) is 0 Å². The zero-order chi connectivity index (χ0) is 13.4. The van der Waals surface area contributed by atoms with E-state index in [0.717, 1.165) is 31.7 Å². The number of anilines is 2. The average Bonchev–Trinajstić information content (AvgIpc) is 3.13. The van der Waals surface area contributed by atoms with Gasteiger partial charge in [-0.3, -0.25) is 4.79 Å². The van der Waals surface area contributed by atoms with E-state index in [4.69, 9.17) is 11.5 Å². The minimum absolute atomic E-state index is 0.181.